The molecule has 1 saturated heterocycles. The zero-order valence-electron chi connectivity index (χ0n) is 11.9. The van der Waals surface area contributed by atoms with Crippen LogP contribution in [0, 0.1) is 17.6 Å². The second-order valence-corrected chi connectivity index (χ2v) is 6.44. The van der Waals surface area contributed by atoms with E-state index in [0.29, 0.717) is 0 Å². The first-order valence-electron chi connectivity index (χ1n) is 6.43. The fourth-order valence-electron chi connectivity index (χ4n) is 2.45. The first-order chi connectivity index (χ1) is 10.6. The van der Waals surface area contributed by atoms with Crippen LogP contribution in [-0.2, 0) is 19.8 Å². The molecule has 0 bridgehead atoms. The monoisotopic (exact) mass is 351 g/mol. The van der Waals surface area contributed by atoms with Gasteiger partial charge in [-0.25, -0.2) is 13.6 Å². The number of esters is 1. The van der Waals surface area contributed by atoms with Crippen LogP contribution in [0.5, 0.6) is 0 Å². The van der Waals surface area contributed by atoms with Crippen LogP contribution in [0.4, 0.5) is 18.4 Å². The van der Waals surface area contributed by atoms with Gasteiger partial charge in [-0.1, -0.05) is 0 Å². The topological polar surface area (TPSA) is 80.8 Å². The first-order valence-corrected chi connectivity index (χ1v) is 7.98. The average Bonchev–Trinajstić information content (AvgIpc) is 2.77. The molecule has 1 unspecified atom stereocenters. The molecule has 0 aromatic heterocycles. The number of halogens is 3. The fourth-order valence-corrected chi connectivity index (χ4v) is 3.23. The predicted molar refractivity (Wildman–Crippen MR) is 73.1 cm³/mol. The maximum Gasteiger partial charge on any atom is 0.343 e. The quantitative estimate of drug-likeness (QED) is 0.605. The fraction of sp³-hybridized carbons (Fsp3) is 0.385. The highest BCUT2D eigenvalue weighted by atomic mass is 32.3. The van der Waals surface area contributed by atoms with E-state index in [4.69, 9.17) is 0 Å². The Labute approximate surface area is 130 Å². The van der Waals surface area contributed by atoms with Crippen LogP contribution in [0.1, 0.15) is 16.8 Å². The molecule has 1 aromatic rings. The maximum absolute atomic E-state index is 14.3. The number of anilines is 1. The van der Waals surface area contributed by atoms with E-state index in [1.807, 2.05) is 0 Å². The van der Waals surface area contributed by atoms with Crippen LogP contribution < -0.4 is 4.90 Å². The van der Waals surface area contributed by atoms with Crippen molar-refractivity contribution in [3.63, 3.8) is 0 Å². The van der Waals surface area contributed by atoms with Gasteiger partial charge in [-0.15, -0.1) is 3.89 Å². The smallest absolute Gasteiger partial charge is 0.343 e. The Bertz CT molecular complexity index is 765. The molecule has 1 fully saturated rings. The Kier molecular flexibility index (Phi) is 4.64. The second-order valence-electron chi connectivity index (χ2n) is 5.03. The van der Waals surface area contributed by atoms with Gasteiger partial charge in [0.05, 0.1) is 18.6 Å². The Morgan fingerprint density at radius 3 is 2.61 bits per heavy atom. The first kappa shape index (κ1) is 17.3. The number of rotatable bonds is 4. The summed E-state index contributed by atoms with van der Waals surface area (Å²) in [4.78, 5) is 24.2. The molecule has 0 aliphatic carbocycles. The van der Waals surface area contributed by atoms with Crippen LogP contribution in [0.15, 0.2) is 12.1 Å². The summed E-state index contributed by atoms with van der Waals surface area (Å²) in [6.45, 7) is -0.259. The minimum atomic E-state index is -4.79. The number of carbonyl (C=O) groups excluding carboxylic acids is 2. The highest BCUT2D eigenvalue weighted by Gasteiger charge is 2.36. The van der Waals surface area contributed by atoms with Crippen molar-refractivity contribution in [2.24, 2.45) is 5.92 Å². The summed E-state index contributed by atoms with van der Waals surface area (Å²) >= 11 is 0. The van der Waals surface area contributed by atoms with Gasteiger partial charge in [0.15, 0.2) is 5.82 Å². The third-order valence-corrected chi connectivity index (χ3v) is 4.26. The Balaban J connectivity index is 2.36. The van der Waals surface area contributed by atoms with Gasteiger partial charge in [-0.3, -0.25) is 4.79 Å². The van der Waals surface area contributed by atoms with Crippen molar-refractivity contribution in [1.82, 2.24) is 0 Å². The molecule has 0 radical (unpaired) electrons. The number of methoxy groups -OCH3 is 1. The molecular formula is C13H12F3NO5S. The molecule has 6 nitrogen and oxygen atoms in total. The van der Waals surface area contributed by atoms with Gasteiger partial charge in [-0.05, 0) is 12.1 Å². The molecule has 2 rings (SSSR count). The van der Waals surface area contributed by atoms with Crippen molar-refractivity contribution in [2.45, 2.75) is 6.42 Å². The molecule has 1 aliphatic rings. The molecule has 0 spiro atoms. The minimum absolute atomic E-state index is 0.259. The molecule has 0 saturated carbocycles. The van der Waals surface area contributed by atoms with E-state index in [-0.39, 0.29) is 13.0 Å². The van der Waals surface area contributed by atoms with Gasteiger partial charge in [0.2, 0.25) is 5.91 Å². The Hall–Kier alpha value is -2.10. The lowest BCUT2D eigenvalue weighted by Crippen LogP contribution is -2.27. The van der Waals surface area contributed by atoms with Crippen LogP contribution in [0.2, 0.25) is 0 Å². The van der Waals surface area contributed by atoms with E-state index in [2.05, 4.69) is 4.74 Å². The van der Waals surface area contributed by atoms with E-state index in [9.17, 15) is 30.7 Å². The van der Waals surface area contributed by atoms with Crippen molar-refractivity contribution in [1.29, 1.82) is 0 Å². The van der Waals surface area contributed by atoms with E-state index in [1.54, 1.807) is 0 Å². The Morgan fingerprint density at radius 1 is 1.39 bits per heavy atom. The summed E-state index contributed by atoms with van der Waals surface area (Å²) in [6.07, 6.45) is -0.298. The molecule has 0 N–H and O–H groups in total. The lowest BCUT2D eigenvalue weighted by molar-refractivity contribution is -0.117. The summed E-state index contributed by atoms with van der Waals surface area (Å²) in [7, 11) is -3.84. The van der Waals surface area contributed by atoms with Crippen molar-refractivity contribution in [2.75, 3.05) is 24.3 Å². The van der Waals surface area contributed by atoms with Gasteiger partial charge in [0.1, 0.15) is 11.4 Å². The molecular weight excluding hydrogens is 339 g/mol. The number of hydrogen-bond donors (Lipinski definition) is 0. The summed E-state index contributed by atoms with van der Waals surface area (Å²) in [5, 5.41) is 0. The number of ether oxygens (including phenoxy) is 1. The minimum Gasteiger partial charge on any atom is -0.465 e. The standard InChI is InChI=1S/C13H12F3NO5S/c1-22-13(19)11-8(14)2-3-9(12(11)15)17-5-7(4-10(17)18)6-23(16,20)21/h2-3,7H,4-6H2,1H3. The Morgan fingerprint density at radius 2 is 2.04 bits per heavy atom. The largest absolute Gasteiger partial charge is 0.465 e. The molecule has 1 aromatic carbocycles. The highest BCUT2D eigenvalue weighted by Crippen LogP contribution is 2.31. The van der Waals surface area contributed by atoms with Crippen molar-refractivity contribution in [3.8, 4) is 0 Å². The highest BCUT2D eigenvalue weighted by molar-refractivity contribution is 7.86. The van der Waals surface area contributed by atoms with Crippen LogP contribution in [-0.4, -0.2) is 39.7 Å². The number of carbonyl (C=O) groups is 2. The van der Waals surface area contributed by atoms with Crippen molar-refractivity contribution in [3.05, 3.63) is 29.3 Å². The summed E-state index contributed by atoms with van der Waals surface area (Å²) in [5.74, 6) is -6.09. The third-order valence-electron chi connectivity index (χ3n) is 3.39. The van der Waals surface area contributed by atoms with E-state index < -0.39 is 56.7 Å². The second kappa shape index (κ2) is 6.19. The lowest BCUT2D eigenvalue weighted by Gasteiger charge is -2.18. The molecule has 1 aliphatic heterocycles. The van der Waals surface area contributed by atoms with Gasteiger partial charge < -0.3 is 9.64 Å². The van der Waals surface area contributed by atoms with E-state index in [1.165, 1.54) is 0 Å². The van der Waals surface area contributed by atoms with Crippen LogP contribution in [0.3, 0.4) is 0 Å². The lowest BCUT2D eigenvalue weighted by atomic mass is 10.1. The molecule has 1 atom stereocenters. The zero-order valence-corrected chi connectivity index (χ0v) is 12.7. The van der Waals surface area contributed by atoms with Crippen LogP contribution >= 0.6 is 0 Å². The summed E-state index contributed by atoms with van der Waals surface area (Å²) in [5.41, 5.74) is -1.35. The molecule has 1 heterocycles. The molecule has 126 valence electrons. The average molecular weight is 351 g/mol. The summed E-state index contributed by atoms with van der Waals surface area (Å²) < 4.78 is 66.2. The van der Waals surface area contributed by atoms with Crippen molar-refractivity contribution < 1.29 is 35.4 Å². The zero-order chi connectivity index (χ0) is 17.4. The number of benzene rings is 1. The maximum atomic E-state index is 14.3. The number of amides is 1. The van der Waals surface area contributed by atoms with E-state index in [0.717, 1.165) is 24.1 Å². The molecule has 23 heavy (non-hydrogen) atoms. The SMILES string of the molecule is COC(=O)c1c(F)ccc(N2CC(CS(=O)(=O)F)CC2=O)c1F. The third kappa shape index (κ3) is 3.63. The van der Waals surface area contributed by atoms with Gasteiger partial charge >= 0.3 is 16.2 Å². The number of nitrogens with zero attached hydrogens (tertiary/aromatic N) is 1. The van der Waals surface area contributed by atoms with Gasteiger partial charge in [-0.2, -0.15) is 8.42 Å². The van der Waals surface area contributed by atoms with Gasteiger partial charge in [0.25, 0.3) is 0 Å². The molecule has 10 heteroatoms. The van der Waals surface area contributed by atoms with Gasteiger partial charge in [0, 0.05) is 18.9 Å². The number of hydrogen-bond acceptors (Lipinski definition) is 5. The summed E-state index contributed by atoms with van der Waals surface area (Å²) in [6, 6.07) is 1.73. The van der Waals surface area contributed by atoms with Crippen molar-refractivity contribution >= 4 is 27.8 Å². The molecule has 1 amide bonds. The van der Waals surface area contributed by atoms with E-state index >= 15 is 0 Å². The van der Waals surface area contributed by atoms with Crippen LogP contribution in [0.25, 0.3) is 0 Å². The predicted octanol–water partition coefficient (Wildman–Crippen LogP) is 1.40. The normalized spacial score (nSPS) is 18.3.